The van der Waals surface area contributed by atoms with Crippen LogP contribution in [0, 0.1) is 0 Å². The molecule has 0 spiro atoms. The fourth-order valence-electron chi connectivity index (χ4n) is 2.34. The summed E-state index contributed by atoms with van der Waals surface area (Å²) < 4.78 is 43.4. The lowest BCUT2D eigenvalue weighted by molar-refractivity contribution is -0.137. The highest BCUT2D eigenvalue weighted by molar-refractivity contribution is 5.28. The lowest BCUT2D eigenvalue weighted by Crippen LogP contribution is -2.46. The van der Waals surface area contributed by atoms with Crippen molar-refractivity contribution in [2.24, 2.45) is 5.73 Å². The summed E-state index contributed by atoms with van der Waals surface area (Å²) in [5, 5.41) is 0. The van der Waals surface area contributed by atoms with Crippen molar-refractivity contribution in [1.29, 1.82) is 0 Å². The zero-order chi connectivity index (χ0) is 14.8. The third kappa shape index (κ3) is 3.71. The minimum atomic E-state index is -4.33. The van der Waals surface area contributed by atoms with Crippen LogP contribution in [0.3, 0.4) is 0 Å². The van der Waals surface area contributed by atoms with E-state index in [0.29, 0.717) is 25.3 Å². The van der Waals surface area contributed by atoms with Gasteiger partial charge in [-0.2, -0.15) is 13.2 Å². The van der Waals surface area contributed by atoms with E-state index >= 15 is 0 Å². The summed E-state index contributed by atoms with van der Waals surface area (Å²) in [6.07, 6.45) is -4.33. The molecule has 1 heterocycles. The summed E-state index contributed by atoms with van der Waals surface area (Å²) in [6.45, 7) is 4.59. The van der Waals surface area contributed by atoms with Gasteiger partial charge in [0.1, 0.15) is 0 Å². The van der Waals surface area contributed by atoms with Crippen LogP contribution in [0.2, 0.25) is 0 Å². The monoisotopic (exact) mass is 288 g/mol. The molecule has 112 valence electrons. The quantitative estimate of drug-likeness (QED) is 0.928. The van der Waals surface area contributed by atoms with Gasteiger partial charge >= 0.3 is 6.18 Å². The van der Waals surface area contributed by atoms with E-state index in [-0.39, 0.29) is 6.04 Å². The third-order valence-corrected chi connectivity index (χ3v) is 3.58. The van der Waals surface area contributed by atoms with Gasteiger partial charge in [0.15, 0.2) is 0 Å². The van der Waals surface area contributed by atoms with Crippen LogP contribution in [0.25, 0.3) is 0 Å². The Labute approximate surface area is 116 Å². The van der Waals surface area contributed by atoms with E-state index in [1.54, 1.807) is 6.07 Å². The molecule has 1 saturated heterocycles. The van der Waals surface area contributed by atoms with Gasteiger partial charge in [-0.05, 0) is 24.6 Å². The van der Waals surface area contributed by atoms with Crippen LogP contribution in [0.1, 0.15) is 24.1 Å². The first-order valence-corrected chi connectivity index (χ1v) is 6.62. The summed E-state index contributed by atoms with van der Waals surface area (Å²) in [4.78, 5) is 2.15. The highest BCUT2D eigenvalue weighted by Crippen LogP contribution is 2.30. The van der Waals surface area contributed by atoms with Crippen LogP contribution in [0.4, 0.5) is 13.2 Å². The summed E-state index contributed by atoms with van der Waals surface area (Å²) in [6, 6.07) is 5.05. The minimum absolute atomic E-state index is 0.237. The van der Waals surface area contributed by atoms with Crippen molar-refractivity contribution in [3.8, 4) is 0 Å². The van der Waals surface area contributed by atoms with E-state index in [1.165, 1.54) is 6.07 Å². The van der Waals surface area contributed by atoms with Crippen molar-refractivity contribution < 1.29 is 17.9 Å². The number of alkyl halides is 3. The molecule has 1 aliphatic rings. The molecule has 0 bridgehead atoms. The Morgan fingerprint density at radius 1 is 1.45 bits per heavy atom. The minimum Gasteiger partial charge on any atom is -0.379 e. The Hall–Kier alpha value is -1.11. The number of ether oxygens (including phenoxy) is 1. The maximum Gasteiger partial charge on any atom is 0.416 e. The molecule has 1 fully saturated rings. The van der Waals surface area contributed by atoms with Crippen LogP contribution < -0.4 is 5.73 Å². The second-order valence-corrected chi connectivity index (χ2v) is 5.15. The highest BCUT2D eigenvalue weighted by atomic mass is 19.4. The predicted octanol–water partition coefficient (Wildman–Crippen LogP) is 2.43. The molecular weight excluding hydrogens is 269 g/mol. The average Bonchev–Trinajstić information content (AvgIpc) is 2.40. The first-order chi connectivity index (χ1) is 9.38. The van der Waals surface area contributed by atoms with Crippen molar-refractivity contribution in [3.05, 3.63) is 35.4 Å². The summed E-state index contributed by atoms with van der Waals surface area (Å²) in [7, 11) is 0. The molecule has 2 atom stereocenters. The number of morpholine rings is 1. The van der Waals surface area contributed by atoms with Gasteiger partial charge in [0, 0.05) is 25.2 Å². The lowest BCUT2D eigenvalue weighted by Gasteiger charge is -2.35. The highest BCUT2D eigenvalue weighted by Gasteiger charge is 2.31. The molecule has 1 aromatic carbocycles. The van der Waals surface area contributed by atoms with Gasteiger partial charge in [0.25, 0.3) is 0 Å². The summed E-state index contributed by atoms with van der Waals surface area (Å²) in [5.74, 6) is 0. The first kappa shape index (κ1) is 15.3. The van der Waals surface area contributed by atoms with Crippen LogP contribution >= 0.6 is 0 Å². The van der Waals surface area contributed by atoms with E-state index in [4.69, 9.17) is 10.5 Å². The smallest absolute Gasteiger partial charge is 0.379 e. The predicted molar refractivity (Wildman–Crippen MR) is 70.2 cm³/mol. The van der Waals surface area contributed by atoms with E-state index < -0.39 is 17.8 Å². The number of rotatable bonds is 3. The molecule has 20 heavy (non-hydrogen) atoms. The Bertz CT molecular complexity index is 450. The second kappa shape index (κ2) is 6.11. The molecule has 0 saturated carbocycles. The molecule has 2 N–H and O–H groups in total. The second-order valence-electron chi connectivity index (χ2n) is 5.15. The Morgan fingerprint density at radius 2 is 2.20 bits per heavy atom. The molecule has 0 aromatic heterocycles. The number of hydrogen-bond acceptors (Lipinski definition) is 3. The standard InChI is InChI=1S/C14H19F3N2O/c1-10-9-20-6-5-19(10)8-13(18)11-3-2-4-12(7-11)14(15,16)17/h2-4,7,10,13H,5-6,8-9,18H2,1H3. The number of nitrogens with two attached hydrogens (primary N) is 1. The van der Waals surface area contributed by atoms with E-state index in [9.17, 15) is 13.2 Å². The maximum atomic E-state index is 12.7. The third-order valence-electron chi connectivity index (χ3n) is 3.58. The zero-order valence-corrected chi connectivity index (χ0v) is 11.4. The Balaban J connectivity index is 2.07. The topological polar surface area (TPSA) is 38.5 Å². The van der Waals surface area contributed by atoms with Crippen molar-refractivity contribution >= 4 is 0 Å². The average molecular weight is 288 g/mol. The zero-order valence-electron chi connectivity index (χ0n) is 11.4. The molecule has 1 aliphatic heterocycles. The van der Waals surface area contributed by atoms with Gasteiger partial charge in [-0.3, -0.25) is 4.90 Å². The SMILES string of the molecule is CC1COCCN1CC(N)c1cccc(C(F)(F)F)c1. The fraction of sp³-hybridized carbons (Fsp3) is 0.571. The van der Waals surface area contributed by atoms with E-state index in [2.05, 4.69) is 4.90 Å². The van der Waals surface area contributed by atoms with Crippen molar-refractivity contribution in [1.82, 2.24) is 4.90 Å². The van der Waals surface area contributed by atoms with Crippen molar-refractivity contribution in [3.63, 3.8) is 0 Å². The number of hydrogen-bond donors (Lipinski definition) is 1. The molecule has 0 radical (unpaired) electrons. The molecule has 6 heteroatoms. The summed E-state index contributed by atoms with van der Waals surface area (Å²) >= 11 is 0. The van der Waals surface area contributed by atoms with E-state index in [1.807, 2.05) is 6.92 Å². The van der Waals surface area contributed by atoms with Crippen molar-refractivity contribution in [2.75, 3.05) is 26.3 Å². The largest absolute Gasteiger partial charge is 0.416 e. The normalized spacial score (nSPS) is 22.8. The number of nitrogens with zero attached hydrogens (tertiary/aromatic N) is 1. The lowest BCUT2D eigenvalue weighted by atomic mass is 10.0. The molecule has 3 nitrogen and oxygen atoms in total. The first-order valence-electron chi connectivity index (χ1n) is 6.62. The van der Waals surface area contributed by atoms with Crippen LogP contribution in [-0.2, 0) is 10.9 Å². The Morgan fingerprint density at radius 3 is 2.85 bits per heavy atom. The molecule has 2 unspecified atom stereocenters. The van der Waals surface area contributed by atoms with Gasteiger partial charge in [-0.25, -0.2) is 0 Å². The number of halogens is 3. The van der Waals surface area contributed by atoms with Crippen LogP contribution in [0.5, 0.6) is 0 Å². The van der Waals surface area contributed by atoms with Gasteiger partial charge in [-0.15, -0.1) is 0 Å². The van der Waals surface area contributed by atoms with Gasteiger partial charge in [-0.1, -0.05) is 12.1 Å². The van der Waals surface area contributed by atoms with Crippen LogP contribution in [-0.4, -0.2) is 37.2 Å². The Kier molecular flexibility index (Phi) is 4.67. The van der Waals surface area contributed by atoms with Gasteiger partial charge in [0.2, 0.25) is 0 Å². The molecule has 1 aromatic rings. The molecule has 2 rings (SSSR count). The van der Waals surface area contributed by atoms with Crippen molar-refractivity contribution in [2.45, 2.75) is 25.2 Å². The van der Waals surface area contributed by atoms with Gasteiger partial charge < -0.3 is 10.5 Å². The van der Waals surface area contributed by atoms with Crippen LogP contribution in [0.15, 0.2) is 24.3 Å². The molecular formula is C14H19F3N2O. The van der Waals surface area contributed by atoms with E-state index in [0.717, 1.165) is 18.7 Å². The fourth-order valence-corrected chi connectivity index (χ4v) is 2.34. The molecule has 0 aliphatic carbocycles. The van der Waals surface area contributed by atoms with Gasteiger partial charge in [0.05, 0.1) is 18.8 Å². The number of benzene rings is 1. The molecule has 0 amide bonds. The summed E-state index contributed by atoms with van der Waals surface area (Å²) in [5.41, 5.74) is 5.91. The maximum absolute atomic E-state index is 12.7.